The molecule has 36 heavy (non-hydrogen) atoms. The first-order valence-electron chi connectivity index (χ1n) is 13.1. The molecule has 2 atom stereocenters. The highest BCUT2D eigenvalue weighted by Gasteiger charge is 2.48. The number of amides is 1. The Balaban J connectivity index is 1.18. The molecule has 0 radical (unpaired) electrons. The third-order valence-corrected chi connectivity index (χ3v) is 9.09. The number of fused-ring (bicyclic) bond motifs is 1. The smallest absolute Gasteiger partial charge is 0.260 e. The van der Waals surface area contributed by atoms with Gasteiger partial charge in [-0.3, -0.25) is 4.79 Å². The Morgan fingerprint density at radius 3 is 2.64 bits per heavy atom. The number of likely N-dealkylation sites (tertiary alicyclic amines) is 1. The molecule has 10 heteroatoms. The van der Waals surface area contributed by atoms with Crippen molar-refractivity contribution >= 4 is 27.0 Å². The number of nitrogens with one attached hydrogen (secondary N) is 1. The lowest BCUT2D eigenvalue weighted by Gasteiger charge is -2.43. The third-order valence-electron chi connectivity index (χ3n) is 8.36. The van der Waals surface area contributed by atoms with Crippen LogP contribution in [0.2, 0.25) is 0 Å². The number of aryl methyl sites for hydroxylation is 1. The van der Waals surface area contributed by atoms with Gasteiger partial charge in [0.2, 0.25) is 10.0 Å². The van der Waals surface area contributed by atoms with Gasteiger partial charge < -0.3 is 14.2 Å². The summed E-state index contributed by atoms with van der Waals surface area (Å²) in [4.78, 5) is 18.8. The Labute approximate surface area is 212 Å². The van der Waals surface area contributed by atoms with E-state index in [0.717, 1.165) is 49.4 Å². The van der Waals surface area contributed by atoms with Crippen LogP contribution in [0.1, 0.15) is 62.8 Å². The summed E-state index contributed by atoms with van der Waals surface area (Å²) in [5.74, 6) is -0.164. The van der Waals surface area contributed by atoms with E-state index in [-0.39, 0.29) is 30.9 Å². The van der Waals surface area contributed by atoms with E-state index in [9.17, 15) is 17.6 Å². The minimum atomic E-state index is -3.40. The zero-order valence-corrected chi connectivity index (χ0v) is 22.0. The highest BCUT2D eigenvalue weighted by molar-refractivity contribution is 7.88. The van der Waals surface area contributed by atoms with E-state index in [1.54, 1.807) is 4.90 Å². The number of imidazole rings is 1. The van der Waals surface area contributed by atoms with E-state index >= 15 is 0 Å². The highest BCUT2D eigenvalue weighted by Crippen LogP contribution is 2.39. The maximum absolute atomic E-state index is 14.8. The fourth-order valence-electron chi connectivity index (χ4n) is 6.02. The molecule has 8 nitrogen and oxygen atoms in total. The van der Waals surface area contributed by atoms with Crippen molar-refractivity contribution in [2.75, 3.05) is 26.0 Å². The number of carbonyl (C=O) groups excluding carboxylic acids is 1. The largest absolute Gasteiger partial charge is 0.378 e. The minimum absolute atomic E-state index is 0.103. The van der Waals surface area contributed by atoms with Gasteiger partial charge >= 0.3 is 0 Å². The lowest BCUT2D eigenvalue weighted by molar-refractivity contribution is -0.153. The standard InChI is InChI=1S/C26H37FN4O4S/c1-30-17-28-23-9-6-19(14-24(23)30)18-4-7-21(8-5-18)35-16-20-15-31(25(32)26(27)11-3-12-26)13-10-22(20)29-36(2,33)34/h6,9,14,17-18,20-22,29H,3-5,7-8,10-13,15-16H2,1-2H3/t18?,20-,21?,22-/m0/s1. The van der Waals surface area contributed by atoms with Crippen LogP contribution >= 0.6 is 0 Å². The van der Waals surface area contributed by atoms with E-state index in [0.29, 0.717) is 32.0 Å². The van der Waals surface area contributed by atoms with Gasteiger partial charge in [0.05, 0.1) is 36.3 Å². The molecule has 1 aromatic heterocycles. The molecule has 2 saturated carbocycles. The zero-order chi connectivity index (χ0) is 25.5. The van der Waals surface area contributed by atoms with Crippen LogP contribution in [0.5, 0.6) is 0 Å². The van der Waals surface area contributed by atoms with E-state index in [1.807, 2.05) is 17.9 Å². The third kappa shape index (κ3) is 5.45. The molecule has 2 heterocycles. The fourth-order valence-corrected chi connectivity index (χ4v) is 6.88. The molecule has 1 N–H and O–H groups in total. The van der Waals surface area contributed by atoms with Crippen LogP contribution in [0.15, 0.2) is 24.5 Å². The molecule has 1 saturated heterocycles. The number of nitrogens with zero attached hydrogens (tertiary/aromatic N) is 3. The zero-order valence-electron chi connectivity index (χ0n) is 21.2. The van der Waals surface area contributed by atoms with Crippen molar-refractivity contribution in [3.05, 3.63) is 30.1 Å². The Morgan fingerprint density at radius 2 is 1.97 bits per heavy atom. The molecule has 5 rings (SSSR count). The average molecular weight is 521 g/mol. The second kappa shape index (κ2) is 10.0. The molecule has 1 aliphatic heterocycles. The number of hydrogen-bond acceptors (Lipinski definition) is 5. The number of hydrogen-bond donors (Lipinski definition) is 1. The maximum atomic E-state index is 14.8. The molecule has 3 fully saturated rings. The van der Waals surface area contributed by atoms with Gasteiger partial charge in [-0.05, 0) is 75.0 Å². The molecule has 0 unspecified atom stereocenters. The van der Waals surface area contributed by atoms with Crippen LogP contribution in [0.25, 0.3) is 11.0 Å². The first kappa shape index (κ1) is 25.6. The quantitative estimate of drug-likeness (QED) is 0.605. The van der Waals surface area contributed by atoms with E-state index < -0.39 is 21.6 Å². The predicted molar refractivity (Wildman–Crippen MR) is 136 cm³/mol. The van der Waals surface area contributed by atoms with Gasteiger partial charge in [-0.2, -0.15) is 0 Å². The summed E-state index contributed by atoms with van der Waals surface area (Å²) in [5.41, 5.74) is 1.74. The number of benzene rings is 1. The first-order valence-corrected chi connectivity index (χ1v) is 15.0. The molecule has 3 aliphatic rings. The minimum Gasteiger partial charge on any atom is -0.378 e. The summed E-state index contributed by atoms with van der Waals surface area (Å²) in [6, 6.07) is 6.19. The van der Waals surface area contributed by atoms with Gasteiger partial charge in [0.25, 0.3) is 5.91 Å². The molecule has 1 amide bonds. The molecule has 1 aromatic carbocycles. The van der Waals surface area contributed by atoms with Crippen LogP contribution < -0.4 is 4.72 Å². The normalized spacial score (nSPS) is 28.7. The highest BCUT2D eigenvalue weighted by atomic mass is 32.2. The van der Waals surface area contributed by atoms with Crippen LogP contribution in [-0.4, -0.2) is 72.5 Å². The molecular formula is C26H37FN4O4S. The van der Waals surface area contributed by atoms with Crippen molar-refractivity contribution < 1.29 is 22.3 Å². The number of ether oxygens (including phenoxy) is 1. The van der Waals surface area contributed by atoms with E-state index in [2.05, 4.69) is 27.9 Å². The Kier molecular flexibility index (Phi) is 7.13. The number of piperidine rings is 1. The van der Waals surface area contributed by atoms with Gasteiger partial charge in [0.15, 0.2) is 5.67 Å². The molecule has 0 bridgehead atoms. The number of aromatic nitrogens is 2. The second-order valence-corrected chi connectivity index (χ2v) is 12.8. The number of carbonyl (C=O) groups is 1. The van der Waals surface area contributed by atoms with E-state index in [4.69, 9.17) is 4.74 Å². The van der Waals surface area contributed by atoms with Gasteiger partial charge in [-0.15, -0.1) is 0 Å². The Hall–Kier alpha value is -2.04. The molecular weight excluding hydrogens is 483 g/mol. The van der Waals surface area contributed by atoms with Crippen molar-refractivity contribution in [1.29, 1.82) is 0 Å². The van der Waals surface area contributed by atoms with Crippen molar-refractivity contribution in [3.63, 3.8) is 0 Å². The molecule has 2 aromatic rings. The lowest BCUT2D eigenvalue weighted by atomic mass is 9.80. The van der Waals surface area contributed by atoms with Crippen molar-refractivity contribution in [1.82, 2.24) is 19.2 Å². The SMILES string of the molecule is Cn1cnc2ccc(C3CCC(OC[C@@H]4CN(C(=O)C5(F)CCC5)CC[C@@H]4NS(C)(=O)=O)CC3)cc21. The summed E-state index contributed by atoms with van der Waals surface area (Å²) in [6.45, 7) is 1.03. The summed E-state index contributed by atoms with van der Waals surface area (Å²) in [6.07, 6.45) is 8.77. The Bertz CT molecular complexity index is 1200. The summed E-state index contributed by atoms with van der Waals surface area (Å²) >= 11 is 0. The topological polar surface area (TPSA) is 93.5 Å². The summed E-state index contributed by atoms with van der Waals surface area (Å²) < 4.78 is 49.7. The second-order valence-electron chi connectivity index (χ2n) is 11.0. The van der Waals surface area contributed by atoms with Gasteiger partial charge in [-0.1, -0.05) is 6.07 Å². The van der Waals surface area contributed by atoms with E-state index in [1.165, 1.54) is 5.56 Å². The van der Waals surface area contributed by atoms with Gasteiger partial charge in [0.1, 0.15) is 0 Å². The van der Waals surface area contributed by atoms with Crippen molar-refractivity contribution in [2.24, 2.45) is 13.0 Å². The average Bonchev–Trinajstić information content (AvgIpc) is 3.21. The molecule has 0 spiro atoms. The lowest BCUT2D eigenvalue weighted by Crippen LogP contribution is -2.58. The van der Waals surface area contributed by atoms with Gasteiger partial charge in [-0.25, -0.2) is 22.5 Å². The van der Waals surface area contributed by atoms with Gasteiger partial charge in [0, 0.05) is 32.1 Å². The number of rotatable bonds is 7. The number of sulfonamides is 1. The Morgan fingerprint density at radius 1 is 1.22 bits per heavy atom. The van der Waals surface area contributed by atoms with Crippen LogP contribution in [-0.2, 0) is 26.6 Å². The molecule has 2 aliphatic carbocycles. The number of halogens is 1. The maximum Gasteiger partial charge on any atom is 0.260 e. The number of alkyl halides is 1. The van der Waals surface area contributed by atoms with Crippen molar-refractivity contribution in [2.45, 2.75) is 75.1 Å². The monoisotopic (exact) mass is 520 g/mol. The van der Waals surface area contributed by atoms with Crippen molar-refractivity contribution in [3.8, 4) is 0 Å². The first-order chi connectivity index (χ1) is 17.1. The fraction of sp³-hybridized carbons (Fsp3) is 0.692. The summed E-state index contributed by atoms with van der Waals surface area (Å²) in [7, 11) is -1.39. The van der Waals surface area contributed by atoms with Crippen LogP contribution in [0, 0.1) is 5.92 Å². The van der Waals surface area contributed by atoms with Crippen LogP contribution in [0.4, 0.5) is 4.39 Å². The van der Waals surface area contributed by atoms with Crippen LogP contribution in [0.3, 0.4) is 0 Å². The predicted octanol–water partition coefficient (Wildman–Crippen LogP) is 3.27. The molecule has 198 valence electrons. The summed E-state index contributed by atoms with van der Waals surface area (Å²) in [5, 5.41) is 0.